The van der Waals surface area contributed by atoms with Crippen LogP contribution >= 0.6 is 23.2 Å². The van der Waals surface area contributed by atoms with Gasteiger partial charge in [0.25, 0.3) is 0 Å². The van der Waals surface area contributed by atoms with Crippen LogP contribution in [0.3, 0.4) is 0 Å². The fourth-order valence-corrected chi connectivity index (χ4v) is 2.67. The van der Waals surface area contributed by atoms with Crippen molar-refractivity contribution in [2.75, 3.05) is 0 Å². The molecular formula is C16H11Cl2FO2. The van der Waals surface area contributed by atoms with E-state index in [2.05, 4.69) is 0 Å². The summed E-state index contributed by atoms with van der Waals surface area (Å²) in [6, 6.07) is 11.2. The Morgan fingerprint density at radius 1 is 1.10 bits per heavy atom. The summed E-state index contributed by atoms with van der Waals surface area (Å²) in [5.74, 6) is -0.00718. The van der Waals surface area contributed by atoms with Gasteiger partial charge in [-0.05, 0) is 29.8 Å². The first kappa shape index (κ1) is 14.4. The Balaban J connectivity index is 1.90. The smallest absolute Gasteiger partial charge is 0.152 e. The molecule has 0 aliphatic carbocycles. The van der Waals surface area contributed by atoms with E-state index < -0.39 is 11.9 Å². The van der Waals surface area contributed by atoms with Crippen molar-refractivity contribution in [1.82, 2.24) is 0 Å². The van der Waals surface area contributed by atoms with Gasteiger partial charge in [-0.15, -0.1) is 0 Å². The first-order chi connectivity index (χ1) is 10.0. The minimum Gasteiger partial charge on any atom is -0.457 e. The SMILES string of the molecule is OC(Cc1ccc(F)cc1Cl)c1cc2cccc(Cl)c2o1. The van der Waals surface area contributed by atoms with Gasteiger partial charge in [-0.25, -0.2) is 4.39 Å². The fraction of sp³-hybridized carbons (Fsp3) is 0.125. The zero-order valence-corrected chi connectivity index (χ0v) is 12.3. The van der Waals surface area contributed by atoms with Gasteiger partial charge in [0.05, 0.1) is 5.02 Å². The number of halogens is 3. The number of hydrogen-bond acceptors (Lipinski definition) is 2. The molecule has 2 aromatic carbocycles. The van der Waals surface area contributed by atoms with Gasteiger partial charge in [-0.2, -0.15) is 0 Å². The number of aliphatic hydroxyl groups is 1. The summed E-state index contributed by atoms with van der Waals surface area (Å²) in [5, 5.41) is 11.9. The van der Waals surface area contributed by atoms with Crippen LogP contribution in [0.25, 0.3) is 11.0 Å². The number of aliphatic hydroxyl groups excluding tert-OH is 1. The lowest BCUT2D eigenvalue weighted by molar-refractivity contribution is 0.152. The number of benzene rings is 2. The van der Waals surface area contributed by atoms with Crippen LogP contribution < -0.4 is 0 Å². The third-order valence-corrected chi connectivity index (χ3v) is 3.92. The lowest BCUT2D eigenvalue weighted by Crippen LogP contribution is -2.01. The van der Waals surface area contributed by atoms with Crippen molar-refractivity contribution in [3.05, 3.63) is 69.7 Å². The first-order valence-electron chi connectivity index (χ1n) is 6.34. The standard InChI is InChI=1S/C16H11Cl2FO2/c17-12-3-1-2-10-7-15(21-16(10)12)14(20)6-9-4-5-11(19)8-13(9)18/h1-5,7-8,14,20H,6H2. The van der Waals surface area contributed by atoms with Crippen LogP contribution in [0.15, 0.2) is 46.9 Å². The number of rotatable bonds is 3. The minimum absolute atomic E-state index is 0.233. The second-order valence-corrected chi connectivity index (χ2v) is 5.58. The second kappa shape index (κ2) is 5.68. The van der Waals surface area contributed by atoms with E-state index in [0.29, 0.717) is 21.9 Å². The van der Waals surface area contributed by atoms with Gasteiger partial charge in [-0.1, -0.05) is 41.4 Å². The Morgan fingerprint density at radius 3 is 2.62 bits per heavy atom. The Labute approximate surface area is 130 Å². The molecule has 0 aliphatic rings. The van der Waals surface area contributed by atoms with Gasteiger partial charge in [-0.3, -0.25) is 0 Å². The van der Waals surface area contributed by atoms with Crippen molar-refractivity contribution in [3.63, 3.8) is 0 Å². The maximum absolute atomic E-state index is 13.0. The van der Waals surface area contributed by atoms with Crippen LogP contribution in [0.1, 0.15) is 17.4 Å². The Morgan fingerprint density at radius 2 is 1.90 bits per heavy atom. The maximum atomic E-state index is 13.0. The maximum Gasteiger partial charge on any atom is 0.152 e. The highest BCUT2D eigenvalue weighted by molar-refractivity contribution is 6.34. The number of hydrogen-bond donors (Lipinski definition) is 1. The first-order valence-corrected chi connectivity index (χ1v) is 7.10. The molecule has 1 N–H and O–H groups in total. The number of furan rings is 1. The van der Waals surface area contributed by atoms with Gasteiger partial charge >= 0.3 is 0 Å². The van der Waals surface area contributed by atoms with E-state index in [1.807, 2.05) is 12.1 Å². The van der Waals surface area contributed by atoms with Gasteiger partial charge in [0, 0.05) is 16.8 Å². The monoisotopic (exact) mass is 324 g/mol. The van der Waals surface area contributed by atoms with Crippen molar-refractivity contribution in [2.45, 2.75) is 12.5 Å². The molecule has 108 valence electrons. The van der Waals surface area contributed by atoms with Crippen LogP contribution in [-0.4, -0.2) is 5.11 Å². The second-order valence-electron chi connectivity index (χ2n) is 4.76. The highest BCUT2D eigenvalue weighted by Crippen LogP contribution is 2.31. The molecule has 0 radical (unpaired) electrons. The van der Waals surface area contributed by atoms with Crippen molar-refractivity contribution in [3.8, 4) is 0 Å². The van der Waals surface area contributed by atoms with Crippen LogP contribution in [0.4, 0.5) is 4.39 Å². The number of para-hydroxylation sites is 1. The van der Waals surface area contributed by atoms with Crippen LogP contribution in [0, 0.1) is 5.82 Å². The summed E-state index contributed by atoms with van der Waals surface area (Å²) in [7, 11) is 0. The van der Waals surface area contributed by atoms with Crippen molar-refractivity contribution >= 4 is 34.2 Å². The molecule has 2 nitrogen and oxygen atoms in total. The van der Waals surface area contributed by atoms with Crippen LogP contribution in [0.5, 0.6) is 0 Å². The molecule has 0 bridgehead atoms. The van der Waals surface area contributed by atoms with Gasteiger partial charge < -0.3 is 9.52 Å². The lowest BCUT2D eigenvalue weighted by Gasteiger charge is -2.09. The molecule has 0 aliphatic heterocycles. The van der Waals surface area contributed by atoms with Gasteiger partial charge in [0.1, 0.15) is 17.7 Å². The highest BCUT2D eigenvalue weighted by atomic mass is 35.5. The molecular weight excluding hydrogens is 314 g/mol. The molecule has 21 heavy (non-hydrogen) atoms. The molecule has 0 amide bonds. The predicted molar refractivity (Wildman–Crippen MR) is 81.3 cm³/mol. The molecule has 1 unspecified atom stereocenters. The average Bonchev–Trinajstić information content (AvgIpc) is 2.87. The van der Waals surface area contributed by atoms with E-state index >= 15 is 0 Å². The predicted octanol–water partition coefficient (Wildman–Crippen LogP) is 5.15. The number of fused-ring (bicyclic) bond motifs is 1. The molecule has 0 fully saturated rings. The fourth-order valence-electron chi connectivity index (χ4n) is 2.21. The van der Waals surface area contributed by atoms with E-state index in [-0.39, 0.29) is 11.4 Å². The van der Waals surface area contributed by atoms with E-state index in [0.717, 1.165) is 5.39 Å². The summed E-state index contributed by atoms with van der Waals surface area (Å²) in [6.45, 7) is 0. The van der Waals surface area contributed by atoms with E-state index in [1.54, 1.807) is 18.2 Å². The van der Waals surface area contributed by atoms with Crippen LogP contribution in [0.2, 0.25) is 10.0 Å². The average molecular weight is 325 g/mol. The van der Waals surface area contributed by atoms with E-state index in [9.17, 15) is 9.50 Å². The zero-order chi connectivity index (χ0) is 15.0. The molecule has 1 heterocycles. The van der Waals surface area contributed by atoms with Gasteiger partial charge in [0.15, 0.2) is 5.58 Å². The summed E-state index contributed by atoms with van der Waals surface area (Å²) < 4.78 is 18.6. The van der Waals surface area contributed by atoms with Crippen molar-refractivity contribution in [2.24, 2.45) is 0 Å². The lowest BCUT2D eigenvalue weighted by atomic mass is 10.1. The molecule has 5 heteroatoms. The minimum atomic E-state index is -0.878. The molecule has 3 aromatic rings. The molecule has 0 spiro atoms. The molecule has 1 atom stereocenters. The molecule has 1 aromatic heterocycles. The van der Waals surface area contributed by atoms with Crippen molar-refractivity contribution in [1.29, 1.82) is 0 Å². The van der Waals surface area contributed by atoms with Gasteiger partial charge in [0.2, 0.25) is 0 Å². The van der Waals surface area contributed by atoms with E-state index in [4.69, 9.17) is 27.6 Å². The molecule has 0 saturated heterocycles. The third kappa shape index (κ3) is 2.91. The summed E-state index contributed by atoms with van der Waals surface area (Å²) >= 11 is 12.0. The highest BCUT2D eigenvalue weighted by Gasteiger charge is 2.17. The quantitative estimate of drug-likeness (QED) is 0.722. The zero-order valence-electron chi connectivity index (χ0n) is 10.8. The molecule has 0 saturated carbocycles. The molecule has 3 rings (SSSR count). The van der Waals surface area contributed by atoms with E-state index in [1.165, 1.54) is 12.1 Å². The Bertz CT molecular complexity index is 798. The summed E-state index contributed by atoms with van der Waals surface area (Å²) in [4.78, 5) is 0. The summed E-state index contributed by atoms with van der Waals surface area (Å²) in [5.41, 5.74) is 1.19. The summed E-state index contributed by atoms with van der Waals surface area (Å²) in [6.07, 6.45) is -0.646. The topological polar surface area (TPSA) is 33.4 Å². The Hall–Kier alpha value is -1.55. The Kier molecular flexibility index (Phi) is 3.89. The van der Waals surface area contributed by atoms with Crippen LogP contribution in [-0.2, 0) is 6.42 Å². The van der Waals surface area contributed by atoms with Crippen molar-refractivity contribution < 1.29 is 13.9 Å². The normalized spacial score (nSPS) is 12.8. The third-order valence-electron chi connectivity index (χ3n) is 3.27. The largest absolute Gasteiger partial charge is 0.457 e.